The first-order chi connectivity index (χ1) is 7.92. The lowest BCUT2D eigenvalue weighted by Crippen LogP contribution is -2.35. The second kappa shape index (κ2) is 5.90. The van der Waals surface area contributed by atoms with E-state index in [1.165, 1.54) is 5.56 Å². The molecule has 1 aromatic rings. The van der Waals surface area contributed by atoms with Crippen molar-refractivity contribution >= 4 is 0 Å². The lowest BCUT2D eigenvalue weighted by Gasteiger charge is -2.20. The van der Waals surface area contributed by atoms with Crippen molar-refractivity contribution in [3.63, 3.8) is 0 Å². The Morgan fingerprint density at radius 2 is 2.18 bits per heavy atom. The zero-order valence-electron chi connectivity index (χ0n) is 11.2. The number of furan rings is 1. The van der Waals surface area contributed by atoms with E-state index in [2.05, 4.69) is 36.9 Å². The predicted octanol–water partition coefficient (Wildman–Crippen LogP) is 2.23. The molecule has 0 saturated carbocycles. The maximum absolute atomic E-state index is 5.50. The molecular weight excluding hydrogens is 212 g/mol. The van der Waals surface area contributed by atoms with Crippen LogP contribution in [0, 0.1) is 12.3 Å². The normalized spacial score (nSPS) is 11.8. The van der Waals surface area contributed by atoms with E-state index in [4.69, 9.17) is 10.8 Å². The van der Waals surface area contributed by atoms with Crippen LogP contribution in [-0.2, 0) is 13.1 Å². The predicted molar refractivity (Wildman–Crippen MR) is 70.5 cm³/mol. The summed E-state index contributed by atoms with van der Waals surface area (Å²) in [6.07, 6.45) is 7.01. The number of nitrogens with one attached hydrogen (secondary N) is 1. The molecule has 0 amide bonds. The summed E-state index contributed by atoms with van der Waals surface area (Å²) in [7, 11) is 1.99. The molecule has 0 aliphatic carbocycles. The Hall–Kier alpha value is -1.24. The van der Waals surface area contributed by atoms with Gasteiger partial charge in [-0.25, -0.2) is 0 Å². The van der Waals surface area contributed by atoms with Crippen molar-refractivity contribution in [2.45, 2.75) is 39.4 Å². The number of rotatable bonds is 5. The summed E-state index contributed by atoms with van der Waals surface area (Å²) in [5, 5.41) is 3.45. The molecule has 3 heteroatoms. The van der Waals surface area contributed by atoms with Gasteiger partial charge in [0.25, 0.3) is 0 Å². The monoisotopic (exact) mass is 234 g/mol. The molecular formula is C14H22N2O. The van der Waals surface area contributed by atoms with Crippen LogP contribution in [0.2, 0.25) is 0 Å². The highest BCUT2D eigenvalue weighted by Crippen LogP contribution is 2.13. The topological polar surface area (TPSA) is 28.4 Å². The van der Waals surface area contributed by atoms with Crippen LogP contribution in [0.3, 0.4) is 0 Å². The van der Waals surface area contributed by atoms with Gasteiger partial charge >= 0.3 is 0 Å². The second-order valence-corrected chi connectivity index (χ2v) is 5.35. The molecule has 0 bridgehead atoms. The standard InChI is InChI=1S/C14H22N2O/c1-6-8-16(5)11-13-12(7-9-17-13)10-15-14(2,3)4/h1,7,9,15H,8,10-11H2,2-5H3. The average molecular weight is 234 g/mol. The van der Waals surface area contributed by atoms with E-state index >= 15 is 0 Å². The Labute approximate surface area is 104 Å². The van der Waals surface area contributed by atoms with Gasteiger partial charge in [-0.3, -0.25) is 4.90 Å². The molecule has 0 aliphatic rings. The van der Waals surface area contributed by atoms with E-state index < -0.39 is 0 Å². The van der Waals surface area contributed by atoms with Crippen LogP contribution in [-0.4, -0.2) is 24.0 Å². The molecule has 0 fully saturated rings. The summed E-state index contributed by atoms with van der Waals surface area (Å²) in [5.41, 5.74) is 1.31. The highest BCUT2D eigenvalue weighted by molar-refractivity contribution is 5.17. The van der Waals surface area contributed by atoms with Crippen molar-refractivity contribution in [1.29, 1.82) is 0 Å². The van der Waals surface area contributed by atoms with Crippen molar-refractivity contribution in [1.82, 2.24) is 10.2 Å². The average Bonchev–Trinajstić information content (AvgIpc) is 2.61. The minimum absolute atomic E-state index is 0.110. The van der Waals surface area contributed by atoms with E-state index in [0.717, 1.165) is 18.8 Å². The third-order valence-corrected chi connectivity index (χ3v) is 2.42. The minimum atomic E-state index is 0.110. The molecule has 1 heterocycles. The molecule has 0 unspecified atom stereocenters. The van der Waals surface area contributed by atoms with Crippen LogP contribution in [0.25, 0.3) is 0 Å². The Bertz CT molecular complexity index is 382. The van der Waals surface area contributed by atoms with Gasteiger partial charge in [-0.2, -0.15) is 0 Å². The molecule has 1 aromatic heterocycles. The fraction of sp³-hybridized carbons (Fsp3) is 0.571. The zero-order valence-corrected chi connectivity index (χ0v) is 11.2. The van der Waals surface area contributed by atoms with E-state index in [-0.39, 0.29) is 5.54 Å². The molecule has 0 radical (unpaired) electrons. The maximum Gasteiger partial charge on any atom is 0.122 e. The number of hydrogen-bond donors (Lipinski definition) is 1. The molecule has 1 N–H and O–H groups in total. The summed E-state index contributed by atoms with van der Waals surface area (Å²) in [6.45, 7) is 8.65. The summed E-state index contributed by atoms with van der Waals surface area (Å²) >= 11 is 0. The van der Waals surface area contributed by atoms with E-state index in [1.807, 2.05) is 13.1 Å². The first-order valence-electron chi connectivity index (χ1n) is 5.84. The highest BCUT2D eigenvalue weighted by Gasteiger charge is 2.13. The molecule has 3 nitrogen and oxygen atoms in total. The van der Waals surface area contributed by atoms with Crippen LogP contribution in [0.1, 0.15) is 32.1 Å². The molecule has 1 rings (SSSR count). The SMILES string of the molecule is C#CCN(C)Cc1occc1CNC(C)(C)C. The quantitative estimate of drug-likeness (QED) is 0.792. The van der Waals surface area contributed by atoms with Gasteiger partial charge in [0.2, 0.25) is 0 Å². The lowest BCUT2D eigenvalue weighted by molar-refractivity contribution is 0.322. The van der Waals surface area contributed by atoms with Crippen LogP contribution >= 0.6 is 0 Å². The van der Waals surface area contributed by atoms with Gasteiger partial charge in [-0.15, -0.1) is 6.42 Å². The third kappa shape index (κ3) is 5.08. The number of hydrogen-bond acceptors (Lipinski definition) is 3. The van der Waals surface area contributed by atoms with Gasteiger partial charge in [0.1, 0.15) is 5.76 Å². The molecule has 0 atom stereocenters. The van der Waals surface area contributed by atoms with Gasteiger partial charge in [-0.05, 0) is 33.9 Å². The molecule has 94 valence electrons. The van der Waals surface area contributed by atoms with Crippen LogP contribution in [0.4, 0.5) is 0 Å². The van der Waals surface area contributed by atoms with Gasteiger partial charge in [0.05, 0.1) is 19.4 Å². The Morgan fingerprint density at radius 3 is 2.76 bits per heavy atom. The Kier molecular flexibility index (Phi) is 4.80. The summed E-state index contributed by atoms with van der Waals surface area (Å²) < 4.78 is 5.50. The molecule has 0 spiro atoms. The fourth-order valence-electron chi connectivity index (χ4n) is 1.48. The lowest BCUT2D eigenvalue weighted by atomic mass is 10.1. The van der Waals surface area contributed by atoms with Gasteiger partial charge in [-0.1, -0.05) is 5.92 Å². The van der Waals surface area contributed by atoms with Crippen molar-refractivity contribution in [2.75, 3.05) is 13.6 Å². The van der Waals surface area contributed by atoms with Crippen molar-refractivity contribution < 1.29 is 4.42 Å². The largest absolute Gasteiger partial charge is 0.468 e. The van der Waals surface area contributed by atoms with Crippen molar-refractivity contribution in [2.24, 2.45) is 0 Å². The van der Waals surface area contributed by atoms with Gasteiger partial charge < -0.3 is 9.73 Å². The Balaban J connectivity index is 2.57. The Morgan fingerprint density at radius 1 is 1.47 bits per heavy atom. The maximum atomic E-state index is 5.50. The third-order valence-electron chi connectivity index (χ3n) is 2.42. The van der Waals surface area contributed by atoms with Crippen molar-refractivity contribution in [3.05, 3.63) is 23.7 Å². The van der Waals surface area contributed by atoms with Crippen LogP contribution in [0.15, 0.2) is 16.7 Å². The van der Waals surface area contributed by atoms with Crippen LogP contribution in [0.5, 0.6) is 0 Å². The van der Waals surface area contributed by atoms with E-state index in [9.17, 15) is 0 Å². The highest BCUT2D eigenvalue weighted by atomic mass is 16.3. The second-order valence-electron chi connectivity index (χ2n) is 5.35. The minimum Gasteiger partial charge on any atom is -0.468 e. The number of nitrogens with zero attached hydrogens (tertiary/aromatic N) is 1. The molecule has 0 aromatic carbocycles. The summed E-state index contributed by atoms with van der Waals surface area (Å²) in [6, 6.07) is 2.01. The first kappa shape index (κ1) is 13.8. The molecule has 17 heavy (non-hydrogen) atoms. The molecule has 0 saturated heterocycles. The van der Waals surface area contributed by atoms with E-state index in [1.54, 1.807) is 6.26 Å². The number of terminal acetylenes is 1. The van der Waals surface area contributed by atoms with E-state index in [0.29, 0.717) is 6.54 Å². The van der Waals surface area contributed by atoms with Gasteiger partial charge in [0.15, 0.2) is 0 Å². The van der Waals surface area contributed by atoms with Crippen molar-refractivity contribution in [3.8, 4) is 12.3 Å². The summed E-state index contributed by atoms with van der Waals surface area (Å²) in [5.74, 6) is 3.61. The smallest absolute Gasteiger partial charge is 0.122 e. The first-order valence-corrected chi connectivity index (χ1v) is 5.84. The fourth-order valence-corrected chi connectivity index (χ4v) is 1.48. The van der Waals surface area contributed by atoms with Gasteiger partial charge in [0, 0.05) is 17.6 Å². The summed E-state index contributed by atoms with van der Waals surface area (Å²) in [4.78, 5) is 2.05. The van der Waals surface area contributed by atoms with Crippen LogP contribution < -0.4 is 5.32 Å². The molecule has 0 aliphatic heterocycles. The zero-order chi connectivity index (χ0) is 12.9.